The Kier molecular flexibility index (Phi) is 3.87. The van der Waals surface area contributed by atoms with E-state index in [0.717, 1.165) is 19.1 Å². The summed E-state index contributed by atoms with van der Waals surface area (Å²) < 4.78 is 4.78. The summed E-state index contributed by atoms with van der Waals surface area (Å²) in [5.41, 5.74) is 0.507. The normalized spacial score (nSPS) is 22.8. The summed E-state index contributed by atoms with van der Waals surface area (Å²) in [6, 6.07) is 4.34. The highest BCUT2D eigenvalue weighted by Gasteiger charge is 2.34. The van der Waals surface area contributed by atoms with Gasteiger partial charge in [0, 0.05) is 25.3 Å². The van der Waals surface area contributed by atoms with Crippen LogP contribution < -0.4 is 5.32 Å². The van der Waals surface area contributed by atoms with Gasteiger partial charge >= 0.3 is 5.97 Å². The van der Waals surface area contributed by atoms with Crippen LogP contribution in [-0.4, -0.2) is 48.6 Å². The summed E-state index contributed by atoms with van der Waals surface area (Å²) in [5, 5.41) is 3.31. The second-order valence-electron chi connectivity index (χ2n) is 5.65. The molecule has 108 valence electrons. The molecule has 0 bridgehead atoms. The lowest BCUT2D eigenvalue weighted by molar-refractivity contribution is 0.0601. The van der Waals surface area contributed by atoms with E-state index in [9.17, 15) is 4.79 Å². The van der Waals surface area contributed by atoms with Crippen LogP contribution in [0.3, 0.4) is 0 Å². The van der Waals surface area contributed by atoms with Crippen molar-refractivity contribution in [3.63, 3.8) is 0 Å². The van der Waals surface area contributed by atoms with E-state index in [0.29, 0.717) is 17.3 Å². The quantitative estimate of drug-likeness (QED) is 0.830. The summed E-state index contributed by atoms with van der Waals surface area (Å²) in [6.45, 7) is 3.24. The number of esters is 1. The summed E-state index contributed by atoms with van der Waals surface area (Å²) >= 11 is 0. The van der Waals surface area contributed by atoms with Gasteiger partial charge in [0.25, 0.3) is 0 Å². The molecule has 5 heteroatoms. The maximum absolute atomic E-state index is 11.7. The van der Waals surface area contributed by atoms with E-state index in [2.05, 4.69) is 15.2 Å². The Balaban J connectivity index is 1.57. The number of methoxy groups -OCH3 is 1. The number of ether oxygens (including phenoxy) is 1. The molecule has 1 saturated heterocycles. The molecule has 1 saturated carbocycles. The first-order chi connectivity index (χ1) is 9.78. The molecule has 1 aliphatic carbocycles. The average Bonchev–Trinajstić information content (AvgIpc) is 3.24. The molecule has 1 aliphatic heterocycles. The van der Waals surface area contributed by atoms with E-state index < -0.39 is 0 Å². The number of hydrogen-bond donors (Lipinski definition) is 1. The molecule has 1 N–H and O–H groups in total. The lowest BCUT2D eigenvalue weighted by Gasteiger charge is -2.16. The topological polar surface area (TPSA) is 54.5 Å². The number of nitrogens with one attached hydrogen (secondary N) is 1. The van der Waals surface area contributed by atoms with Crippen molar-refractivity contribution >= 4 is 11.8 Å². The second-order valence-corrected chi connectivity index (χ2v) is 5.65. The first-order valence-electron chi connectivity index (χ1n) is 7.29. The molecule has 2 aliphatic rings. The van der Waals surface area contributed by atoms with Crippen LogP contribution in [0.1, 0.15) is 29.6 Å². The van der Waals surface area contributed by atoms with Crippen molar-refractivity contribution in [2.24, 2.45) is 5.92 Å². The monoisotopic (exact) mass is 275 g/mol. The summed E-state index contributed by atoms with van der Waals surface area (Å²) in [7, 11) is 1.39. The van der Waals surface area contributed by atoms with Crippen molar-refractivity contribution in [3.8, 4) is 0 Å². The zero-order valence-electron chi connectivity index (χ0n) is 11.8. The van der Waals surface area contributed by atoms with Gasteiger partial charge in [-0.1, -0.05) is 0 Å². The number of rotatable bonds is 5. The molecule has 2 heterocycles. The molecule has 2 fully saturated rings. The smallest absolute Gasteiger partial charge is 0.341 e. The predicted molar refractivity (Wildman–Crippen MR) is 76.8 cm³/mol. The molecule has 0 spiro atoms. The lowest BCUT2D eigenvalue weighted by Crippen LogP contribution is -2.25. The molecule has 1 aromatic rings. The fraction of sp³-hybridized carbons (Fsp3) is 0.600. The van der Waals surface area contributed by atoms with E-state index >= 15 is 0 Å². The number of carbonyl (C=O) groups is 1. The number of likely N-dealkylation sites (tertiary alicyclic amines) is 1. The highest BCUT2D eigenvalue weighted by molar-refractivity contribution is 5.94. The van der Waals surface area contributed by atoms with Gasteiger partial charge in [-0.05, 0) is 43.9 Å². The highest BCUT2D eigenvalue weighted by atomic mass is 16.5. The van der Waals surface area contributed by atoms with Crippen molar-refractivity contribution in [2.45, 2.75) is 25.3 Å². The number of pyridine rings is 1. The number of carbonyl (C=O) groups excluding carboxylic acids is 1. The maximum Gasteiger partial charge on any atom is 0.341 e. The van der Waals surface area contributed by atoms with Crippen LogP contribution in [0.4, 0.5) is 5.82 Å². The standard InChI is InChI=1S/C15H21N3O2/c1-20-15(19)13-3-2-7-16-14(13)17-9-11-6-8-18(10-11)12-4-5-12/h2-3,7,11-12H,4-6,8-10H2,1H3,(H,16,17). The van der Waals surface area contributed by atoms with Gasteiger partial charge in [0.15, 0.2) is 0 Å². The van der Waals surface area contributed by atoms with Crippen LogP contribution in [-0.2, 0) is 4.74 Å². The van der Waals surface area contributed by atoms with Crippen LogP contribution in [0.2, 0.25) is 0 Å². The van der Waals surface area contributed by atoms with Crippen LogP contribution >= 0.6 is 0 Å². The van der Waals surface area contributed by atoms with Gasteiger partial charge in [-0.2, -0.15) is 0 Å². The van der Waals surface area contributed by atoms with Gasteiger partial charge < -0.3 is 15.0 Å². The molecule has 1 unspecified atom stereocenters. The summed E-state index contributed by atoms with van der Waals surface area (Å²) in [5.74, 6) is 0.930. The van der Waals surface area contributed by atoms with Crippen LogP contribution in [0.15, 0.2) is 18.3 Å². The third kappa shape index (κ3) is 2.93. The zero-order valence-corrected chi connectivity index (χ0v) is 11.8. The van der Waals surface area contributed by atoms with Gasteiger partial charge in [0.2, 0.25) is 0 Å². The Labute approximate surface area is 119 Å². The van der Waals surface area contributed by atoms with Crippen LogP contribution in [0.5, 0.6) is 0 Å². The maximum atomic E-state index is 11.7. The van der Waals surface area contributed by atoms with Gasteiger partial charge in [-0.25, -0.2) is 9.78 Å². The molecule has 3 rings (SSSR count). The molecule has 5 nitrogen and oxygen atoms in total. The first-order valence-corrected chi connectivity index (χ1v) is 7.29. The van der Waals surface area contributed by atoms with Gasteiger partial charge in [-0.15, -0.1) is 0 Å². The van der Waals surface area contributed by atoms with Crippen molar-refractivity contribution in [1.29, 1.82) is 0 Å². The number of nitrogens with zero attached hydrogens (tertiary/aromatic N) is 2. The first kappa shape index (κ1) is 13.4. The predicted octanol–water partition coefficient (Wildman–Crippen LogP) is 1.76. The van der Waals surface area contributed by atoms with E-state index in [1.54, 1.807) is 18.3 Å². The third-order valence-electron chi connectivity index (χ3n) is 4.15. The lowest BCUT2D eigenvalue weighted by atomic mass is 10.1. The van der Waals surface area contributed by atoms with Crippen molar-refractivity contribution in [2.75, 3.05) is 32.1 Å². The molecule has 0 aromatic carbocycles. The SMILES string of the molecule is COC(=O)c1cccnc1NCC1CCN(C2CC2)C1. The van der Waals surface area contributed by atoms with Gasteiger partial charge in [0.1, 0.15) is 11.4 Å². The summed E-state index contributed by atoms with van der Waals surface area (Å²) in [6.07, 6.45) is 5.66. The van der Waals surface area contributed by atoms with E-state index in [-0.39, 0.29) is 5.97 Å². The van der Waals surface area contributed by atoms with Crippen LogP contribution in [0.25, 0.3) is 0 Å². The minimum absolute atomic E-state index is 0.341. The zero-order chi connectivity index (χ0) is 13.9. The molecule has 20 heavy (non-hydrogen) atoms. The summed E-state index contributed by atoms with van der Waals surface area (Å²) in [4.78, 5) is 18.5. The molecule has 0 amide bonds. The van der Waals surface area contributed by atoms with Crippen molar-refractivity contribution in [1.82, 2.24) is 9.88 Å². The van der Waals surface area contributed by atoms with Gasteiger partial charge in [0.05, 0.1) is 7.11 Å². The van der Waals surface area contributed by atoms with Crippen LogP contribution in [0, 0.1) is 5.92 Å². The Hall–Kier alpha value is -1.62. The number of aromatic nitrogens is 1. The third-order valence-corrected chi connectivity index (χ3v) is 4.15. The minimum Gasteiger partial charge on any atom is -0.465 e. The van der Waals surface area contributed by atoms with Gasteiger partial charge in [-0.3, -0.25) is 0 Å². The molecular formula is C15H21N3O2. The Morgan fingerprint density at radius 2 is 2.35 bits per heavy atom. The Bertz CT molecular complexity index is 488. The molecule has 1 aromatic heterocycles. The van der Waals surface area contributed by atoms with Crippen molar-refractivity contribution < 1.29 is 9.53 Å². The Morgan fingerprint density at radius 3 is 3.10 bits per heavy atom. The van der Waals surface area contributed by atoms with E-state index in [1.165, 1.54) is 32.9 Å². The molecule has 1 atom stereocenters. The van der Waals surface area contributed by atoms with E-state index in [4.69, 9.17) is 4.74 Å². The minimum atomic E-state index is -0.341. The van der Waals surface area contributed by atoms with E-state index in [1.807, 2.05) is 0 Å². The number of hydrogen-bond acceptors (Lipinski definition) is 5. The molecular weight excluding hydrogens is 254 g/mol. The molecule has 0 radical (unpaired) electrons. The largest absolute Gasteiger partial charge is 0.465 e. The number of anilines is 1. The fourth-order valence-corrected chi connectivity index (χ4v) is 2.86. The Morgan fingerprint density at radius 1 is 1.50 bits per heavy atom. The van der Waals surface area contributed by atoms with Crippen molar-refractivity contribution in [3.05, 3.63) is 23.9 Å². The average molecular weight is 275 g/mol. The highest BCUT2D eigenvalue weighted by Crippen LogP contribution is 2.31. The fourth-order valence-electron chi connectivity index (χ4n) is 2.86. The second kappa shape index (κ2) is 5.79.